The summed E-state index contributed by atoms with van der Waals surface area (Å²) in [6, 6.07) is 15.9. The van der Waals surface area contributed by atoms with Crippen molar-refractivity contribution in [3.63, 3.8) is 0 Å². The Morgan fingerprint density at radius 1 is 0.744 bits per heavy atom. The molecule has 2 amide bonds. The molecule has 2 aliphatic heterocycles. The first kappa shape index (κ1) is 28.1. The van der Waals surface area contributed by atoms with Crippen molar-refractivity contribution < 1.29 is 33.3 Å². The smallest absolute Gasteiger partial charge is 0.251 e. The van der Waals surface area contributed by atoms with Gasteiger partial charge in [0.1, 0.15) is 26.4 Å². The SMILES string of the molecule is CC(C)CC(=O)Nc1ccc2c(NC(=O)Cc3ccc4c(c3)OCCO4)nn(C(=O)Cc3ccc4c(c3)OCCO4)c2c1. The van der Waals surface area contributed by atoms with Crippen LogP contribution in [0.5, 0.6) is 23.0 Å². The number of ether oxygens (including phenoxy) is 4. The zero-order chi connectivity index (χ0) is 29.9. The van der Waals surface area contributed by atoms with Crippen LogP contribution in [0.15, 0.2) is 54.6 Å². The molecule has 2 aliphatic rings. The van der Waals surface area contributed by atoms with Gasteiger partial charge in [-0.2, -0.15) is 4.68 Å². The van der Waals surface area contributed by atoms with E-state index in [0.29, 0.717) is 72.4 Å². The molecule has 222 valence electrons. The average molecular weight is 585 g/mol. The van der Waals surface area contributed by atoms with Crippen molar-refractivity contribution in [1.82, 2.24) is 9.78 Å². The van der Waals surface area contributed by atoms with Crippen LogP contribution in [0.25, 0.3) is 10.9 Å². The summed E-state index contributed by atoms with van der Waals surface area (Å²) in [6.07, 6.45) is 0.461. The molecule has 0 spiro atoms. The van der Waals surface area contributed by atoms with Gasteiger partial charge in [-0.1, -0.05) is 26.0 Å². The van der Waals surface area contributed by atoms with Crippen LogP contribution in [-0.4, -0.2) is 53.9 Å². The number of hydrogen-bond donors (Lipinski definition) is 2. The van der Waals surface area contributed by atoms with E-state index in [2.05, 4.69) is 15.7 Å². The summed E-state index contributed by atoms with van der Waals surface area (Å²) in [5.41, 5.74) is 2.46. The van der Waals surface area contributed by atoms with E-state index in [9.17, 15) is 14.4 Å². The molecular weight excluding hydrogens is 552 g/mol. The van der Waals surface area contributed by atoms with Gasteiger partial charge < -0.3 is 29.6 Å². The van der Waals surface area contributed by atoms with Crippen LogP contribution in [0.2, 0.25) is 0 Å². The molecule has 43 heavy (non-hydrogen) atoms. The number of amides is 2. The number of carbonyl (C=O) groups excluding carboxylic acids is 3. The molecule has 11 heteroatoms. The van der Waals surface area contributed by atoms with Crippen molar-refractivity contribution in [2.45, 2.75) is 33.1 Å². The van der Waals surface area contributed by atoms with Gasteiger partial charge in [0.25, 0.3) is 5.91 Å². The molecule has 0 bridgehead atoms. The van der Waals surface area contributed by atoms with Gasteiger partial charge in [0.15, 0.2) is 28.8 Å². The Morgan fingerprint density at radius 2 is 1.35 bits per heavy atom. The van der Waals surface area contributed by atoms with Crippen molar-refractivity contribution in [3.8, 4) is 23.0 Å². The first-order valence-electron chi connectivity index (χ1n) is 14.2. The Hall–Kier alpha value is -5.06. The minimum atomic E-state index is -0.320. The van der Waals surface area contributed by atoms with Gasteiger partial charge in [0.05, 0.1) is 18.4 Å². The van der Waals surface area contributed by atoms with Crippen LogP contribution in [0.4, 0.5) is 11.5 Å². The second kappa shape index (κ2) is 12.0. The summed E-state index contributed by atoms with van der Waals surface area (Å²) >= 11 is 0. The maximum atomic E-state index is 13.6. The lowest BCUT2D eigenvalue weighted by molar-refractivity contribution is -0.117. The fourth-order valence-electron chi connectivity index (χ4n) is 5.06. The average Bonchev–Trinajstić information content (AvgIpc) is 3.34. The monoisotopic (exact) mass is 584 g/mol. The third kappa shape index (κ3) is 6.40. The lowest BCUT2D eigenvalue weighted by atomic mass is 10.1. The number of nitrogens with zero attached hydrogens (tertiary/aromatic N) is 2. The van der Waals surface area contributed by atoms with E-state index in [-0.39, 0.29) is 42.3 Å². The van der Waals surface area contributed by atoms with Crippen molar-refractivity contribution in [2.24, 2.45) is 5.92 Å². The molecule has 0 atom stereocenters. The second-order valence-corrected chi connectivity index (χ2v) is 10.9. The quantitative estimate of drug-likeness (QED) is 0.307. The van der Waals surface area contributed by atoms with E-state index >= 15 is 0 Å². The predicted molar refractivity (Wildman–Crippen MR) is 159 cm³/mol. The van der Waals surface area contributed by atoms with Crippen LogP contribution in [0.1, 0.15) is 36.2 Å². The summed E-state index contributed by atoms with van der Waals surface area (Å²) in [4.78, 5) is 39.2. The molecule has 0 saturated carbocycles. The van der Waals surface area contributed by atoms with Gasteiger partial charge in [-0.25, -0.2) is 0 Å². The highest BCUT2D eigenvalue weighted by molar-refractivity contribution is 6.05. The molecule has 6 rings (SSSR count). The lowest BCUT2D eigenvalue weighted by Crippen LogP contribution is -2.19. The Kier molecular flexibility index (Phi) is 7.86. The topological polar surface area (TPSA) is 130 Å². The van der Waals surface area contributed by atoms with Gasteiger partial charge in [0.2, 0.25) is 11.8 Å². The number of fused-ring (bicyclic) bond motifs is 3. The molecule has 0 unspecified atom stereocenters. The van der Waals surface area contributed by atoms with Crippen LogP contribution >= 0.6 is 0 Å². The van der Waals surface area contributed by atoms with Gasteiger partial charge in [-0.15, -0.1) is 5.10 Å². The second-order valence-electron chi connectivity index (χ2n) is 10.9. The van der Waals surface area contributed by atoms with Crippen LogP contribution < -0.4 is 29.6 Å². The highest BCUT2D eigenvalue weighted by Crippen LogP contribution is 2.33. The van der Waals surface area contributed by atoms with Gasteiger partial charge in [-0.05, 0) is 59.5 Å². The fraction of sp³-hybridized carbons (Fsp3) is 0.312. The van der Waals surface area contributed by atoms with Gasteiger partial charge in [-0.3, -0.25) is 14.4 Å². The lowest BCUT2D eigenvalue weighted by Gasteiger charge is -2.18. The Bertz CT molecular complexity index is 1710. The Labute approximate surface area is 248 Å². The number of anilines is 2. The first-order chi connectivity index (χ1) is 20.8. The largest absolute Gasteiger partial charge is 0.486 e. The van der Waals surface area contributed by atoms with E-state index < -0.39 is 0 Å². The van der Waals surface area contributed by atoms with E-state index in [4.69, 9.17) is 18.9 Å². The standard InChI is InChI=1S/C32H32N4O7/c1-19(2)13-29(37)33-22-5-6-23-24(18-22)36(31(39)17-21-4-8-26-28(15-21)43-12-10-41-26)35-32(23)34-30(38)16-20-3-7-25-27(14-20)42-11-9-40-25/h3-8,14-15,18-19H,9-13,16-17H2,1-2H3,(H,33,37)(H,34,35,38). The molecule has 0 aliphatic carbocycles. The van der Waals surface area contributed by atoms with E-state index in [0.717, 1.165) is 11.1 Å². The van der Waals surface area contributed by atoms with E-state index in [1.54, 1.807) is 42.5 Å². The predicted octanol–water partition coefficient (Wildman–Crippen LogP) is 4.63. The summed E-state index contributed by atoms with van der Waals surface area (Å²) in [6.45, 7) is 5.78. The molecule has 3 heterocycles. The third-order valence-corrected chi connectivity index (χ3v) is 6.99. The van der Waals surface area contributed by atoms with Gasteiger partial charge in [0, 0.05) is 17.5 Å². The first-order valence-corrected chi connectivity index (χ1v) is 14.2. The number of rotatable bonds is 8. The van der Waals surface area contributed by atoms with Crippen LogP contribution in [0, 0.1) is 5.92 Å². The molecule has 3 aromatic carbocycles. The summed E-state index contributed by atoms with van der Waals surface area (Å²) in [5, 5.41) is 10.8. The Balaban J connectivity index is 1.27. The molecule has 4 aromatic rings. The zero-order valence-electron chi connectivity index (χ0n) is 24.0. The third-order valence-electron chi connectivity index (χ3n) is 6.99. The number of aromatic nitrogens is 2. The maximum Gasteiger partial charge on any atom is 0.251 e. The Morgan fingerprint density at radius 3 is 1.98 bits per heavy atom. The highest BCUT2D eigenvalue weighted by Gasteiger charge is 2.21. The molecule has 0 saturated heterocycles. The summed E-state index contributed by atoms with van der Waals surface area (Å²) in [7, 11) is 0. The minimum absolute atomic E-state index is 0.0297. The number of nitrogens with one attached hydrogen (secondary N) is 2. The van der Waals surface area contributed by atoms with Gasteiger partial charge >= 0.3 is 0 Å². The number of benzene rings is 3. The molecule has 11 nitrogen and oxygen atoms in total. The normalized spacial score (nSPS) is 13.6. The zero-order valence-corrected chi connectivity index (χ0v) is 24.0. The van der Waals surface area contributed by atoms with Crippen molar-refractivity contribution in [3.05, 3.63) is 65.7 Å². The molecule has 0 radical (unpaired) electrons. The molecule has 0 fully saturated rings. The molecule has 1 aromatic heterocycles. The minimum Gasteiger partial charge on any atom is -0.486 e. The van der Waals surface area contributed by atoms with Crippen molar-refractivity contribution in [2.75, 3.05) is 37.1 Å². The summed E-state index contributed by atoms with van der Waals surface area (Å²) < 4.78 is 23.7. The highest BCUT2D eigenvalue weighted by atomic mass is 16.6. The molecular formula is C32H32N4O7. The number of carbonyl (C=O) groups is 3. The maximum absolute atomic E-state index is 13.6. The fourth-order valence-corrected chi connectivity index (χ4v) is 5.06. The molecule has 2 N–H and O–H groups in total. The number of hydrogen-bond acceptors (Lipinski definition) is 8. The van der Waals surface area contributed by atoms with Crippen LogP contribution in [-0.2, 0) is 22.4 Å². The van der Waals surface area contributed by atoms with E-state index in [1.165, 1.54) is 4.68 Å². The van der Waals surface area contributed by atoms with Crippen LogP contribution in [0.3, 0.4) is 0 Å². The van der Waals surface area contributed by atoms with Crippen molar-refractivity contribution >= 4 is 40.1 Å². The summed E-state index contributed by atoms with van der Waals surface area (Å²) in [5.74, 6) is 2.15. The van der Waals surface area contributed by atoms with Crippen molar-refractivity contribution in [1.29, 1.82) is 0 Å². The van der Waals surface area contributed by atoms with E-state index in [1.807, 2.05) is 26.0 Å².